The summed E-state index contributed by atoms with van der Waals surface area (Å²) in [5, 5.41) is 5.36. The Labute approximate surface area is 68.4 Å². The minimum absolute atomic E-state index is 0.0165. The molecular weight excluding hydrogens is 171 g/mol. The van der Waals surface area contributed by atoms with E-state index in [1.54, 1.807) is 12.1 Å². The fourth-order valence-corrected chi connectivity index (χ4v) is 0.896. The lowest BCUT2D eigenvalue weighted by molar-refractivity contribution is -0.136. The van der Waals surface area contributed by atoms with Crippen LogP contribution in [0.4, 0.5) is 13.2 Å². The van der Waals surface area contributed by atoms with Crippen LogP contribution in [0.3, 0.4) is 0 Å². The molecule has 0 aliphatic carbocycles. The summed E-state index contributed by atoms with van der Waals surface area (Å²) in [5.74, 6) is 0. The van der Waals surface area contributed by atoms with Gasteiger partial charge in [0.15, 0.2) is 0 Å². The van der Waals surface area contributed by atoms with Gasteiger partial charge < -0.3 is 4.90 Å². The summed E-state index contributed by atoms with van der Waals surface area (Å²) in [6.07, 6.45) is -3.44. The number of halogens is 3. The molecule has 1 aliphatic heterocycles. The standard InChI is InChI=1S/C6H10F3N3/c1-11-5-12(4-10-11)3-2-6(7,8)9/h4H,2-3,5H2,1H3. The summed E-state index contributed by atoms with van der Waals surface area (Å²) in [6.45, 7) is 0.424. The lowest BCUT2D eigenvalue weighted by atomic mass is 10.4. The van der Waals surface area contributed by atoms with E-state index in [0.717, 1.165) is 0 Å². The minimum atomic E-state index is -4.07. The molecule has 0 bridgehead atoms. The molecule has 1 heterocycles. The summed E-state index contributed by atoms with van der Waals surface area (Å²) in [7, 11) is 1.71. The Morgan fingerprint density at radius 2 is 2.17 bits per heavy atom. The SMILES string of the molecule is CN1CN(CCC(F)(F)F)C=N1. The van der Waals surface area contributed by atoms with Gasteiger partial charge in [0.25, 0.3) is 0 Å². The van der Waals surface area contributed by atoms with Crippen LogP contribution in [-0.2, 0) is 0 Å². The first-order valence-corrected chi connectivity index (χ1v) is 3.53. The lowest BCUT2D eigenvalue weighted by Gasteiger charge is -2.16. The molecule has 0 radical (unpaired) electrons. The fourth-order valence-electron chi connectivity index (χ4n) is 0.896. The van der Waals surface area contributed by atoms with Gasteiger partial charge in [0.2, 0.25) is 0 Å². The molecule has 0 unspecified atom stereocenters. The third-order valence-electron chi connectivity index (χ3n) is 1.48. The second-order valence-electron chi connectivity index (χ2n) is 2.71. The van der Waals surface area contributed by atoms with Crippen LogP contribution >= 0.6 is 0 Å². The van der Waals surface area contributed by atoms with Gasteiger partial charge in [-0.3, -0.25) is 5.01 Å². The van der Waals surface area contributed by atoms with Crippen LogP contribution in [0.1, 0.15) is 6.42 Å². The summed E-state index contributed by atoms with van der Waals surface area (Å²) in [4.78, 5) is 1.52. The third kappa shape index (κ3) is 2.98. The van der Waals surface area contributed by atoms with Crippen LogP contribution < -0.4 is 0 Å². The number of hydrazone groups is 1. The molecular formula is C6H10F3N3. The van der Waals surface area contributed by atoms with Gasteiger partial charge in [-0.05, 0) is 0 Å². The monoisotopic (exact) mass is 181 g/mol. The van der Waals surface area contributed by atoms with E-state index < -0.39 is 12.6 Å². The number of alkyl halides is 3. The first-order valence-electron chi connectivity index (χ1n) is 3.53. The molecule has 0 N–H and O–H groups in total. The van der Waals surface area contributed by atoms with Crippen LogP contribution in [0, 0.1) is 0 Å². The minimum Gasteiger partial charge on any atom is -0.342 e. The predicted octanol–water partition coefficient (Wildman–Crippen LogP) is 1.09. The predicted molar refractivity (Wildman–Crippen MR) is 38.5 cm³/mol. The van der Waals surface area contributed by atoms with Gasteiger partial charge in [0, 0.05) is 13.6 Å². The zero-order valence-corrected chi connectivity index (χ0v) is 6.67. The van der Waals surface area contributed by atoms with E-state index >= 15 is 0 Å². The highest BCUT2D eigenvalue weighted by atomic mass is 19.4. The number of hydrogen-bond acceptors (Lipinski definition) is 3. The van der Waals surface area contributed by atoms with Gasteiger partial charge in [-0.2, -0.15) is 18.3 Å². The summed E-state index contributed by atoms with van der Waals surface area (Å²) < 4.78 is 35.2. The molecule has 3 nitrogen and oxygen atoms in total. The maximum absolute atomic E-state index is 11.7. The van der Waals surface area contributed by atoms with Crippen LogP contribution in [0.15, 0.2) is 5.10 Å². The Bertz CT molecular complexity index is 177. The smallest absolute Gasteiger partial charge is 0.342 e. The molecule has 0 fully saturated rings. The fraction of sp³-hybridized carbons (Fsp3) is 0.833. The second kappa shape index (κ2) is 3.20. The van der Waals surface area contributed by atoms with Crippen molar-refractivity contribution in [1.29, 1.82) is 0 Å². The lowest BCUT2D eigenvalue weighted by Crippen LogP contribution is -2.28. The Kier molecular flexibility index (Phi) is 2.44. The molecule has 0 aromatic heterocycles. The molecule has 1 rings (SSSR count). The summed E-state index contributed by atoms with van der Waals surface area (Å²) in [5.41, 5.74) is 0. The van der Waals surface area contributed by atoms with Crippen molar-refractivity contribution >= 4 is 6.34 Å². The van der Waals surface area contributed by atoms with Crippen LogP contribution in [0.2, 0.25) is 0 Å². The first kappa shape index (κ1) is 9.15. The number of hydrogen-bond donors (Lipinski definition) is 0. The van der Waals surface area contributed by atoms with Crippen LogP contribution in [0.25, 0.3) is 0 Å². The first-order chi connectivity index (χ1) is 5.47. The number of nitrogens with zero attached hydrogens (tertiary/aromatic N) is 3. The molecule has 1 aliphatic rings. The van der Waals surface area contributed by atoms with Gasteiger partial charge >= 0.3 is 6.18 Å². The Hall–Kier alpha value is -0.940. The molecule has 0 saturated heterocycles. The topological polar surface area (TPSA) is 18.8 Å². The Morgan fingerprint density at radius 3 is 2.58 bits per heavy atom. The van der Waals surface area contributed by atoms with Gasteiger partial charge in [0.1, 0.15) is 13.0 Å². The van der Waals surface area contributed by atoms with Gasteiger partial charge in [-0.1, -0.05) is 0 Å². The normalized spacial score (nSPS) is 17.7. The van der Waals surface area contributed by atoms with E-state index in [1.807, 2.05) is 0 Å². The highest BCUT2D eigenvalue weighted by Crippen LogP contribution is 2.19. The highest BCUT2D eigenvalue weighted by molar-refractivity contribution is 5.55. The molecule has 70 valence electrons. The van der Waals surface area contributed by atoms with E-state index in [2.05, 4.69) is 5.10 Å². The van der Waals surface area contributed by atoms with E-state index in [4.69, 9.17) is 0 Å². The van der Waals surface area contributed by atoms with Crippen LogP contribution in [-0.4, -0.2) is 42.7 Å². The zero-order valence-electron chi connectivity index (χ0n) is 6.67. The maximum Gasteiger partial charge on any atom is 0.390 e. The third-order valence-corrected chi connectivity index (χ3v) is 1.48. The van der Waals surface area contributed by atoms with Gasteiger partial charge in [-0.15, -0.1) is 0 Å². The average Bonchev–Trinajstić information content (AvgIpc) is 2.30. The van der Waals surface area contributed by atoms with Crippen molar-refractivity contribution in [2.75, 3.05) is 20.3 Å². The van der Waals surface area contributed by atoms with Gasteiger partial charge in [-0.25, -0.2) is 0 Å². The molecule has 0 aromatic rings. The molecule has 0 spiro atoms. The van der Waals surface area contributed by atoms with Crippen molar-refractivity contribution in [2.45, 2.75) is 12.6 Å². The largest absolute Gasteiger partial charge is 0.390 e. The van der Waals surface area contributed by atoms with Crippen molar-refractivity contribution in [2.24, 2.45) is 5.10 Å². The Balaban J connectivity index is 2.21. The van der Waals surface area contributed by atoms with Crippen LogP contribution in [0.5, 0.6) is 0 Å². The molecule has 0 amide bonds. The maximum atomic E-state index is 11.7. The molecule has 0 saturated carbocycles. The van der Waals surface area contributed by atoms with Crippen molar-refractivity contribution in [3.05, 3.63) is 0 Å². The van der Waals surface area contributed by atoms with Crippen molar-refractivity contribution in [1.82, 2.24) is 9.91 Å². The van der Waals surface area contributed by atoms with Crippen molar-refractivity contribution < 1.29 is 13.2 Å². The number of rotatable bonds is 2. The van der Waals surface area contributed by atoms with E-state index in [0.29, 0.717) is 6.67 Å². The quantitative estimate of drug-likeness (QED) is 0.635. The molecule has 6 heteroatoms. The zero-order chi connectivity index (χ0) is 9.19. The average molecular weight is 181 g/mol. The molecule has 12 heavy (non-hydrogen) atoms. The van der Waals surface area contributed by atoms with Crippen molar-refractivity contribution in [3.63, 3.8) is 0 Å². The second-order valence-corrected chi connectivity index (χ2v) is 2.71. The summed E-state index contributed by atoms with van der Waals surface area (Å²) in [6, 6.07) is 0. The summed E-state index contributed by atoms with van der Waals surface area (Å²) >= 11 is 0. The van der Waals surface area contributed by atoms with E-state index in [-0.39, 0.29) is 6.54 Å². The van der Waals surface area contributed by atoms with E-state index in [1.165, 1.54) is 11.2 Å². The van der Waals surface area contributed by atoms with Gasteiger partial charge in [0.05, 0.1) is 6.42 Å². The highest BCUT2D eigenvalue weighted by Gasteiger charge is 2.28. The van der Waals surface area contributed by atoms with E-state index in [9.17, 15) is 13.2 Å². The Morgan fingerprint density at radius 1 is 1.50 bits per heavy atom. The molecule has 0 aromatic carbocycles. The molecule has 0 atom stereocenters. The van der Waals surface area contributed by atoms with Crippen molar-refractivity contribution in [3.8, 4) is 0 Å².